The third-order valence-corrected chi connectivity index (χ3v) is 3.66. The summed E-state index contributed by atoms with van der Waals surface area (Å²) >= 11 is 0. The number of nitrogens with one attached hydrogen (secondary N) is 2. The minimum Gasteiger partial charge on any atom is -0.493 e. The van der Waals surface area contributed by atoms with Crippen LogP contribution < -0.4 is 24.8 Å². The van der Waals surface area contributed by atoms with Crippen LogP contribution in [0.15, 0.2) is 36.4 Å². The molecule has 0 aliphatic carbocycles. The van der Waals surface area contributed by atoms with Crippen LogP contribution in [-0.4, -0.2) is 38.9 Å². The number of methoxy groups -OCH3 is 3. The number of anilines is 2. The van der Waals surface area contributed by atoms with Crippen LogP contribution in [0, 0.1) is 0 Å². The lowest BCUT2D eigenvalue weighted by molar-refractivity contribution is -0.133. The maximum Gasteiger partial charge on any atom is 0.314 e. The molecule has 0 atom stereocenters. The highest BCUT2D eigenvalue weighted by Gasteiger charge is 2.18. The number of carbonyl (C=O) groups is 3. The van der Waals surface area contributed by atoms with Crippen molar-refractivity contribution in [2.45, 2.75) is 6.92 Å². The van der Waals surface area contributed by atoms with E-state index < -0.39 is 11.8 Å². The van der Waals surface area contributed by atoms with Gasteiger partial charge in [0.2, 0.25) is 5.75 Å². The highest BCUT2D eigenvalue weighted by molar-refractivity contribution is 6.43. The Morgan fingerprint density at radius 2 is 1.33 bits per heavy atom. The van der Waals surface area contributed by atoms with Crippen LogP contribution in [-0.2, 0) is 9.59 Å². The molecule has 8 nitrogen and oxygen atoms in total. The lowest BCUT2D eigenvalue weighted by Gasteiger charge is -2.14. The van der Waals surface area contributed by atoms with Gasteiger partial charge >= 0.3 is 11.8 Å². The van der Waals surface area contributed by atoms with Crippen molar-refractivity contribution in [2.75, 3.05) is 32.0 Å². The molecule has 0 spiro atoms. The number of amides is 2. The molecular formula is C19H20N2O6. The highest BCUT2D eigenvalue weighted by atomic mass is 16.5. The van der Waals surface area contributed by atoms with Gasteiger partial charge in [0.25, 0.3) is 0 Å². The Labute approximate surface area is 156 Å². The van der Waals surface area contributed by atoms with Gasteiger partial charge in [0.05, 0.1) is 21.3 Å². The third kappa shape index (κ3) is 4.75. The summed E-state index contributed by atoms with van der Waals surface area (Å²) in [6.07, 6.45) is 0. The van der Waals surface area contributed by atoms with Crippen molar-refractivity contribution >= 4 is 29.0 Å². The predicted octanol–water partition coefficient (Wildman–Crippen LogP) is 2.49. The van der Waals surface area contributed by atoms with Gasteiger partial charge in [-0.1, -0.05) is 12.1 Å². The van der Waals surface area contributed by atoms with Crippen LogP contribution in [0.5, 0.6) is 17.2 Å². The largest absolute Gasteiger partial charge is 0.493 e. The SMILES string of the molecule is COc1cc(NC(=O)C(=O)Nc2cccc(C(C)=O)c2)cc(OC)c1OC. The van der Waals surface area contributed by atoms with Crippen LogP contribution >= 0.6 is 0 Å². The van der Waals surface area contributed by atoms with E-state index in [0.717, 1.165) is 0 Å². The first-order valence-corrected chi connectivity index (χ1v) is 7.93. The molecule has 2 aromatic rings. The van der Waals surface area contributed by atoms with Gasteiger partial charge in [-0.3, -0.25) is 14.4 Å². The van der Waals surface area contributed by atoms with E-state index in [1.54, 1.807) is 18.2 Å². The molecule has 2 rings (SSSR count). The fourth-order valence-electron chi connectivity index (χ4n) is 2.34. The fraction of sp³-hybridized carbons (Fsp3) is 0.211. The molecule has 2 N–H and O–H groups in total. The van der Waals surface area contributed by atoms with E-state index in [-0.39, 0.29) is 5.78 Å². The second kappa shape index (κ2) is 8.70. The second-order valence-electron chi connectivity index (χ2n) is 5.46. The Balaban J connectivity index is 2.16. The van der Waals surface area contributed by atoms with E-state index in [1.165, 1.54) is 46.5 Å². The minimum atomic E-state index is -0.891. The molecule has 0 bridgehead atoms. The molecule has 0 unspecified atom stereocenters. The normalized spacial score (nSPS) is 9.93. The first-order valence-electron chi connectivity index (χ1n) is 7.93. The van der Waals surface area contributed by atoms with Crippen LogP contribution in [0.25, 0.3) is 0 Å². The Morgan fingerprint density at radius 3 is 1.81 bits per heavy atom. The average molecular weight is 372 g/mol. The molecule has 2 aromatic carbocycles. The number of hydrogen-bond donors (Lipinski definition) is 2. The van der Waals surface area contributed by atoms with Crippen LogP contribution in [0.1, 0.15) is 17.3 Å². The van der Waals surface area contributed by atoms with Gasteiger partial charge in [0.15, 0.2) is 17.3 Å². The Hall–Kier alpha value is -3.55. The molecule has 0 saturated carbocycles. The number of ether oxygens (including phenoxy) is 3. The zero-order chi connectivity index (χ0) is 20.0. The van der Waals surface area contributed by atoms with Gasteiger partial charge < -0.3 is 24.8 Å². The molecule has 0 aliphatic heterocycles. The van der Waals surface area contributed by atoms with Crippen molar-refractivity contribution in [3.8, 4) is 17.2 Å². The minimum absolute atomic E-state index is 0.145. The molecular weight excluding hydrogens is 352 g/mol. The summed E-state index contributed by atoms with van der Waals surface area (Å²) < 4.78 is 15.6. The zero-order valence-corrected chi connectivity index (χ0v) is 15.4. The van der Waals surface area contributed by atoms with Gasteiger partial charge in [-0.25, -0.2) is 0 Å². The molecule has 0 aromatic heterocycles. The first kappa shape index (κ1) is 19.8. The quantitative estimate of drug-likeness (QED) is 0.597. The Bertz CT molecular complexity index is 853. The molecule has 8 heteroatoms. The summed E-state index contributed by atoms with van der Waals surface area (Å²) in [6.45, 7) is 1.41. The van der Waals surface area contributed by atoms with Crippen LogP contribution in [0.3, 0.4) is 0 Å². The van der Waals surface area contributed by atoms with E-state index in [1.807, 2.05) is 0 Å². The number of benzene rings is 2. The summed E-state index contributed by atoms with van der Waals surface area (Å²) in [5.41, 5.74) is 1.06. The number of carbonyl (C=O) groups excluding carboxylic acids is 3. The van der Waals surface area contributed by atoms with Crippen LogP contribution in [0.4, 0.5) is 11.4 Å². The zero-order valence-electron chi connectivity index (χ0n) is 15.4. The van der Waals surface area contributed by atoms with Crippen molar-refractivity contribution < 1.29 is 28.6 Å². The molecule has 142 valence electrons. The topological polar surface area (TPSA) is 103 Å². The monoisotopic (exact) mass is 372 g/mol. The average Bonchev–Trinajstić information content (AvgIpc) is 2.67. The standard InChI is InChI=1S/C19H20N2O6/c1-11(22)12-6-5-7-13(8-12)20-18(23)19(24)21-14-9-15(25-2)17(27-4)16(10-14)26-3/h5-10H,1-4H3,(H,20,23)(H,21,24). The molecule has 0 fully saturated rings. The lowest BCUT2D eigenvalue weighted by Crippen LogP contribution is -2.29. The second-order valence-corrected chi connectivity index (χ2v) is 5.46. The highest BCUT2D eigenvalue weighted by Crippen LogP contribution is 2.39. The van der Waals surface area contributed by atoms with E-state index in [2.05, 4.69) is 10.6 Å². The Kier molecular flexibility index (Phi) is 6.37. The summed E-state index contributed by atoms with van der Waals surface area (Å²) in [5.74, 6) is -0.887. The van der Waals surface area contributed by atoms with Crippen molar-refractivity contribution in [1.82, 2.24) is 0 Å². The van der Waals surface area contributed by atoms with Gasteiger partial charge in [-0.05, 0) is 19.1 Å². The number of hydrogen-bond acceptors (Lipinski definition) is 6. The predicted molar refractivity (Wildman–Crippen MR) is 99.8 cm³/mol. The molecule has 0 radical (unpaired) electrons. The van der Waals surface area contributed by atoms with Gasteiger partial charge in [-0.15, -0.1) is 0 Å². The number of Topliss-reactive ketones (excluding diaryl/α,β-unsaturated/α-hetero) is 1. The third-order valence-electron chi connectivity index (χ3n) is 3.66. The molecule has 0 saturated heterocycles. The van der Waals surface area contributed by atoms with Gasteiger partial charge in [0.1, 0.15) is 0 Å². The molecule has 2 amide bonds. The van der Waals surface area contributed by atoms with Gasteiger partial charge in [0, 0.05) is 29.1 Å². The molecule has 0 aliphatic rings. The molecule has 0 heterocycles. The summed E-state index contributed by atoms with van der Waals surface area (Å²) in [6, 6.07) is 9.31. The molecule has 27 heavy (non-hydrogen) atoms. The summed E-state index contributed by atoms with van der Waals surface area (Å²) in [4.78, 5) is 35.7. The van der Waals surface area contributed by atoms with Crippen molar-refractivity contribution in [3.05, 3.63) is 42.0 Å². The summed E-state index contributed by atoms with van der Waals surface area (Å²) in [5, 5.41) is 4.91. The number of rotatable bonds is 6. The van der Waals surface area contributed by atoms with Gasteiger partial charge in [-0.2, -0.15) is 0 Å². The van der Waals surface area contributed by atoms with Crippen LogP contribution in [0.2, 0.25) is 0 Å². The van der Waals surface area contributed by atoms with E-state index >= 15 is 0 Å². The maximum atomic E-state index is 12.2. The lowest BCUT2D eigenvalue weighted by atomic mass is 10.1. The van der Waals surface area contributed by atoms with Crippen molar-refractivity contribution in [3.63, 3.8) is 0 Å². The maximum absolute atomic E-state index is 12.2. The smallest absolute Gasteiger partial charge is 0.314 e. The fourth-order valence-corrected chi connectivity index (χ4v) is 2.34. The van der Waals surface area contributed by atoms with E-state index in [4.69, 9.17) is 14.2 Å². The summed E-state index contributed by atoms with van der Waals surface area (Å²) in [7, 11) is 4.34. The van der Waals surface area contributed by atoms with E-state index in [9.17, 15) is 14.4 Å². The Morgan fingerprint density at radius 1 is 0.778 bits per heavy atom. The first-order chi connectivity index (χ1) is 12.9. The van der Waals surface area contributed by atoms with E-state index in [0.29, 0.717) is 34.2 Å². The van der Waals surface area contributed by atoms with Crippen molar-refractivity contribution in [2.24, 2.45) is 0 Å². The number of ketones is 1. The van der Waals surface area contributed by atoms with Crippen molar-refractivity contribution in [1.29, 1.82) is 0 Å².